The highest BCUT2D eigenvalue weighted by atomic mass is 16.5. The van der Waals surface area contributed by atoms with E-state index in [-0.39, 0.29) is 11.3 Å². The summed E-state index contributed by atoms with van der Waals surface area (Å²) in [5, 5.41) is 15.1. The molecule has 1 atom stereocenters. The second-order valence-electron chi connectivity index (χ2n) is 7.39. The lowest BCUT2D eigenvalue weighted by Crippen LogP contribution is -2.52. The van der Waals surface area contributed by atoms with E-state index in [0.29, 0.717) is 31.9 Å². The van der Waals surface area contributed by atoms with Crippen LogP contribution < -0.4 is 0 Å². The van der Waals surface area contributed by atoms with Gasteiger partial charge in [-0.25, -0.2) is 0 Å². The summed E-state index contributed by atoms with van der Waals surface area (Å²) in [6.45, 7) is 2.35. The van der Waals surface area contributed by atoms with E-state index in [1.807, 2.05) is 46.0 Å². The smallest absolute Gasteiger partial charge is 0.231 e. The summed E-state index contributed by atoms with van der Waals surface area (Å²) in [7, 11) is 1.66. The molecule has 2 aromatic rings. The minimum absolute atomic E-state index is 0.197. The molecule has 4 rings (SSSR count). The third-order valence-electron chi connectivity index (χ3n) is 5.68. The molecule has 138 valence electrons. The van der Waals surface area contributed by atoms with Crippen LogP contribution in [-0.4, -0.2) is 46.0 Å². The second kappa shape index (κ2) is 6.85. The molecule has 1 aromatic carbocycles. The van der Waals surface area contributed by atoms with E-state index in [1.54, 1.807) is 7.11 Å². The van der Waals surface area contributed by atoms with Gasteiger partial charge in [-0.2, -0.15) is 5.10 Å². The molecule has 0 radical (unpaired) electrons. The first-order chi connectivity index (χ1) is 12.6. The Kier molecular flexibility index (Phi) is 4.54. The number of hydrogen-bond acceptors (Lipinski definition) is 4. The summed E-state index contributed by atoms with van der Waals surface area (Å²) in [4.78, 5) is 15.0. The van der Waals surface area contributed by atoms with E-state index in [0.717, 1.165) is 30.5 Å². The van der Waals surface area contributed by atoms with Gasteiger partial charge in [0, 0.05) is 13.7 Å². The molecule has 6 nitrogen and oxygen atoms in total. The fourth-order valence-electron chi connectivity index (χ4n) is 4.04. The van der Waals surface area contributed by atoms with Gasteiger partial charge >= 0.3 is 0 Å². The van der Waals surface area contributed by atoms with E-state index in [2.05, 4.69) is 5.10 Å². The molecule has 0 spiro atoms. The fourth-order valence-corrected chi connectivity index (χ4v) is 4.04. The Bertz CT molecular complexity index is 783. The van der Waals surface area contributed by atoms with Crippen LogP contribution in [0, 0.1) is 5.41 Å². The molecule has 0 saturated heterocycles. The lowest BCUT2D eigenvalue weighted by atomic mass is 9.68. The van der Waals surface area contributed by atoms with Gasteiger partial charge in [0.05, 0.1) is 36.5 Å². The van der Waals surface area contributed by atoms with Gasteiger partial charge in [0.15, 0.2) is 0 Å². The summed E-state index contributed by atoms with van der Waals surface area (Å²) in [5.41, 5.74) is 2.10. The number of ether oxygens (including phenoxy) is 1. The molecule has 26 heavy (non-hydrogen) atoms. The lowest BCUT2D eigenvalue weighted by Gasteiger charge is -2.43. The Hall–Kier alpha value is -2.18. The van der Waals surface area contributed by atoms with Gasteiger partial charge in [-0.05, 0) is 24.5 Å². The number of aromatic nitrogens is 2. The number of nitrogens with zero attached hydrogens (tertiary/aromatic N) is 3. The topological polar surface area (TPSA) is 67.6 Å². The normalized spacial score (nSPS) is 19.5. The molecule has 1 aromatic heterocycles. The van der Waals surface area contributed by atoms with Gasteiger partial charge in [0.1, 0.15) is 6.10 Å². The molecular weight excluding hydrogens is 330 g/mol. The number of hydrogen-bond donors (Lipinski definition) is 1. The molecule has 1 unspecified atom stereocenters. The van der Waals surface area contributed by atoms with Gasteiger partial charge in [-0.1, -0.05) is 36.8 Å². The molecule has 2 aliphatic rings. The molecule has 6 heteroatoms. The predicted molar refractivity (Wildman–Crippen MR) is 96.3 cm³/mol. The minimum atomic E-state index is -0.745. The van der Waals surface area contributed by atoms with Crippen molar-refractivity contribution in [2.75, 3.05) is 20.3 Å². The van der Waals surface area contributed by atoms with Crippen LogP contribution in [-0.2, 0) is 22.6 Å². The lowest BCUT2D eigenvalue weighted by molar-refractivity contribution is -0.153. The maximum absolute atomic E-state index is 13.0. The van der Waals surface area contributed by atoms with Gasteiger partial charge in [-0.15, -0.1) is 0 Å². The van der Waals surface area contributed by atoms with Crippen molar-refractivity contribution in [3.63, 3.8) is 0 Å². The van der Waals surface area contributed by atoms with Crippen molar-refractivity contribution in [1.82, 2.24) is 14.7 Å². The van der Waals surface area contributed by atoms with E-state index in [9.17, 15) is 9.90 Å². The van der Waals surface area contributed by atoms with Crippen LogP contribution in [0.3, 0.4) is 0 Å². The van der Waals surface area contributed by atoms with Crippen LogP contribution in [0.5, 0.6) is 0 Å². The van der Waals surface area contributed by atoms with E-state index in [4.69, 9.17) is 4.74 Å². The molecule has 1 N–H and O–H groups in total. The molecular formula is C20H25N3O3. The number of aliphatic hydroxyl groups is 1. The van der Waals surface area contributed by atoms with Gasteiger partial charge < -0.3 is 14.7 Å². The number of amides is 1. The molecule has 1 fully saturated rings. The monoisotopic (exact) mass is 355 g/mol. The van der Waals surface area contributed by atoms with Crippen LogP contribution in [0.25, 0.3) is 0 Å². The van der Waals surface area contributed by atoms with Crippen LogP contribution in [0.15, 0.2) is 36.4 Å². The third kappa shape index (κ3) is 2.93. The number of benzene rings is 1. The summed E-state index contributed by atoms with van der Waals surface area (Å²) >= 11 is 0. The third-order valence-corrected chi connectivity index (χ3v) is 5.68. The molecule has 1 amide bonds. The average Bonchev–Trinajstić information content (AvgIpc) is 3.07. The van der Waals surface area contributed by atoms with Gasteiger partial charge in [-0.3, -0.25) is 9.48 Å². The number of carbonyl (C=O) groups excluding carboxylic acids is 1. The second-order valence-corrected chi connectivity index (χ2v) is 7.39. The van der Waals surface area contributed by atoms with Gasteiger partial charge in [0.2, 0.25) is 5.91 Å². The summed E-state index contributed by atoms with van der Waals surface area (Å²) in [6, 6.07) is 11.4. The number of fused-ring (bicyclic) bond motifs is 1. The summed E-state index contributed by atoms with van der Waals surface area (Å²) in [5.74, 6) is 0.197. The van der Waals surface area contributed by atoms with E-state index >= 15 is 0 Å². The Morgan fingerprint density at radius 3 is 2.73 bits per heavy atom. The van der Waals surface area contributed by atoms with Crippen LogP contribution in [0.4, 0.5) is 0 Å². The highest BCUT2D eigenvalue weighted by Gasteiger charge is 2.46. The Labute approximate surface area is 153 Å². The van der Waals surface area contributed by atoms with Crippen molar-refractivity contribution < 1.29 is 14.6 Å². The highest BCUT2D eigenvalue weighted by Crippen LogP contribution is 2.43. The first-order valence-corrected chi connectivity index (χ1v) is 9.21. The van der Waals surface area contributed by atoms with Crippen LogP contribution in [0.1, 0.15) is 42.3 Å². The van der Waals surface area contributed by atoms with Crippen LogP contribution >= 0.6 is 0 Å². The van der Waals surface area contributed by atoms with E-state index < -0.39 is 6.10 Å². The maximum Gasteiger partial charge on any atom is 0.231 e. The molecule has 1 saturated carbocycles. The number of aliphatic hydroxyl groups excluding tert-OH is 1. The standard InChI is InChI=1S/C20H25N3O3/c1-26-14-20(8-5-9-20)19(25)22-10-11-23-16(13-22)12-17(21-23)18(24)15-6-3-2-4-7-15/h2-4,6-7,12,18,24H,5,8-11,13-14H2,1H3. The Morgan fingerprint density at radius 1 is 1.31 bits per heavy atom. The van der Waals surface area contributed by atoms with Crippen molar-refractivity contribution in [1.29, 1.82) is 0 Å². The molecule has 1 aliphatic carbocycles. The van der Waals surface area contributed by atoms with Gasteiger partial charge in [0.25, 0.3) is 0 Å². The van der Waals surface area contributed by atoms with Crippen molar-refractivity contribution in [3.8, 4) is 0 Å². The number of carbonyl (C=O) groups is 1. The van der Waals surface area contributed by atoms with Crippen LogP contribution in [0.2, 0.25) is 0 Å². The zero-order valence-electron chi connectivity index (χ0n) is 15.1. The highest BCUT2D eigenvalue weighted by molar-refractivity contribution is 5.84. The maximum atomic E-state index is 13.0. The zero-order valence-corrected chi connectivity index (χ0v) is 15.1. The quantitative estimate of drug-likeness (QED) is 0.892. The largest absolute Gasteiger partial charge is 0.384 e. The first-order valence-electron chi connectivity index (χ1n) is 9.21. The number of methoxy groups -OCH3 is 1. The molecule has 2 heterocycles. The Morgan fingerprint density at radius 2 is 2.08 bits per heavy atom. The van der Waals surface area contributed by atoms with Crippen molar-refractivity contribution >= 4 is 5.91 Å². The fraction of sp³-hybridized carbons (Fsp3) is 0.500. The zero-order chi connectivity index (χ0) is 18.1. The van der Waals surface area contributed by atoms with Crippen molar-refractivity contribution in [3.05, 3.63) is 53.3 Å². The minimum Gasteiger partial charge on any atom is -0.384 e. The van der Waals surface area contributed by atoms with E-state index in [1.165, 1.54) is 0 Å². The summed E-state index contributed by atoms with van der Waals surface area (Å²) in [6.07, 6.45) is 2.17. The predicted octanol–water partition coefficient (Wildman–Crippen LogP) is 2.12. The van der Waals surface area contributed by atoms with Crippen molar-refractivity contribution in [2.24, 2.45) is 5.41 Å². The SMILES string of the molecule is COCC1(C(=O)N2CCn3nc(C(O)c4ccccc4)cc3C2)CCC1. The summed E-state index contributed by atoms with van der Waals surface area (Å²) < 4.78 is 7.23. The molecule has 1 aliphatic heterocycles. The van der Waals surface area contributed by atoms with Crippen molar-refractivity contribution in [2.45, 2.75) is 38.5 Å². The average molecular weight is 355 g/mol. The first kappa shape index (κ1) is 17.2. The number of rotatable bonds is 5. The molecule has 0 bridgehead atoms. The Balaban J connectivity index is 1.51.